The lowest BCUT2D eigenvalue weighted by Crippen LogP contribution is -2.21. The smallest absolute Gasteiger partial charge is 0.250 e. The minimum atomic E-state index is -0.201. The van der Waals surface area contributed by atoms with Crippen molar-refractivity contribution >= 4 is 29.1 Å². The lowest BCUT2D eigenvalue weighted by molar-refractivity contribution is -0.118. The number of benzene rings is 2. The highest BCUT2D eigenvalue weighted by molar-refractivity contribution is 7.99. The molecule has 0 saturated heterocycles. The number of allylic oxidation sites excluding steroid dienone is 1. The molecule has 0 unspecified atom stereocenters. The number of carbonyl (C=O) groups is 1. The predicted octanol–water partition coefficient (Wildman–Crippen LogP) is 4.02. The Morgan fingerprint density at radius 1 is 1.16 bits per heavy atom. The number of aryl methyl sites for hydroxylation is 1. The van der Waals surface area contributed by atoms with E-state index < -0.39 is 0 Å². The van der Waals surface area contributed by atoms with Crippen LogP contribution in [0.15, 0.2) is 77.5 Å². The molecule has 31 heavy (non-hydrogen) atoms. The Kier molecular flexibility index (Phi) is 8.00. The fraction of sp³-hybridized carbons (Fsp3) is 0.217. The molecule has 0 fully saturated rings. The maximum absolute atomic E-state index is 12.2. The Balaban J connectivity index is 1.57. The number of amides is 1. The number of aromatic nitrogens is 3. The molecule has 0 aliphatic heterocycles. The maximum Gasteiger partial charge on any atom is 0.250 e. The molecule has 3 aromatic rings. The van der Waals surface area contributed by atoms with E-state index in [-0.39, 0.29) is 11.7 Å². The summed E-state index contributed by atoms with van der Waals surface area (Å²) in [6.45, 7) is 8.82. The van der Waals surface area contributed by atoms with Crippen LogP contribution in [0, 0.1) is 6.92 Å². The van der Waals surface area contributed by atoms with Crippen LogP contribution in [0.1, 0.15) is 23.9 Å². The third-order valence-corrected chi connectivity index (χ3v) is 5.45. The van der Waals surface area contributed by atoms with Gasteiger partial charge >= 0.3 is 0 Å². The maximum atomic E-state index is 12.2. The van der Waals surface area contributed by atoms with Crippen molar-refractivity contribution in [3.05, 3.63) is 84.2 Å². The summed E-state index contributed by atoms with van der Waals surface area (Å²) in [5.74, 6) is 0.765. The summed E-state index contributed by atoms with van der Waals surface area (Å²) in [5, 5.41) is 16.7. The Morgan fingerprint density at radius 3 is 2.61 bits per heavy atom. The number of carbonyl (C=O) groups excluding carboxylic acids is 1. The molecule has 0 atom stereocenters. The van der Waals surface area contributed by atoms with E-state index in [0.29, 0.717) is 18.2 Å². The topological polar surface area (TPSA) is 84.2 Å². The summed E-state index contributed by atoms with van der Waals surface area (Å²) in [6.07, 6.45) is 1.79. The lowest BCUT2D eigenvalue weighted by Gasteiger charge is -2.09. The third kappa shape index (κ3) is 6.55. The average Bonchev–Trinajstić information content (AvgIpc) is 3.18. The van der Waals surface area contributed by atoms with Crippen LogP contribution in [-0.4, -0.2) is 32.1 Å². The van der Waals surface area contributed by atoms with Crippen LogP contribution < -0.4 is 10.7 Å². The van der Waals surface area contributed by atoms with Gasteiger partial charge in [-0.25, -0.2) is 5.43 Å². The number of hydrogen-bond donors (Lipinski definition) is 2. The van der Waals surface area contributed by atoms with E-state index in [9.17, 15) is 4.79 Å². The first kappa shape index (κ1) is 22.3. The molecule has 1 aromatic heterocycles. The Labute approximate surface area is 186 Å². The summed E-state index contributed by atoms with van der Waals surface area (Å²) in [6, 6.07) is 17.9. The molecule has 0 aliphatic rings. The van der Waals surface area contributed by atoms with Crippen LogP contribution in [0.25, 0.3) is 0 Å². The first-order valence-electron chi connectivity index (χ1n) is 9.91. The molecule has 8 heteroatoms. The first-order chi connectivity index (χ1) is 15.1. The minimum Gasteiger partial charge on any atom is -0.378 e. The second-order valence-electron chi connectivity index (χ2n) is 6.90. The highest BCUT2D eigenvalue weighted by atomic mass is 32.2. The van der Waals surface area contributed by atoms with Gasteiger partial charge in [0, 0.05) is 12.2 Å². The Morgan fingerprint density at radius 2 is 1.90 bits per heavy atom. The summed E-state index contributed by atoms with van der Waals surface area (Å²) in [4.78, 5) is 12.2. The van der Waals surface area contributed by atoms with Gasteiger partial charge in [0.15, 0.2) is 11.0 Å². The number of nitrogens with zero attached hydrogens (tertiary/aromatic N) is 4. The number of hydrogen-bond acceptors (Lipinski definition) is 6. The SMILES string of the molecule is C=CCn1c(CNc2ccc(C)cc2)nnc1SCC(=O)N/N=C(/C)c1ccccc1. The predicted molar refractivity (Wildman–Crippen MR) is 126 cm³/mol. The van der Waals surface area contributed by atoms with Crippen LogP contribution in [0.3, 0.4) is 0 Å². The molecule has 3 rings (SSSR count). The molecule has 0 saturated carbocycles. The molecule has 0 radical (unpaired) electrons. The van der Waals surface area contributed by atoms with Crippen LogP contribution in [0.4, 0.5) is 5.69 Å². The lowest BCUT2D eigenvalue weighted by atomic mass is 10.1. The first-order valence-corrected chi connectivity index (χ1v) is 10.9. The van der Waals surface area contributed by atoms with Crippen LogP contribution in [-0.2, 0) is 17.9 Å². The summed E-state index contributed by atoms with van der Waals surface area (Å²) in [7, 11) is 0. The number of thioether (sulfide) groups is 1. The van der Waals surface area contributed by atoms with Crippen molar-refractivity contribution < 1.29 is 4.79 Å². The molecule has 2 aromatic carbocycles. The Hall–Kier alpha value is -3.39. The summed E-state index contributed by atoms with van der Waals surface area (Å²) >= 11 is 1.32. The highest BCUT2D eigenvalue weighted by Crippen LogP contribution is 2.18. The van der Waals surface area contributed by atoms with Crippen LogP contribution in [0.5, 0.6) is 0 Å². The van der Waals surface area contributed by atoms with Crippen LogP contribution in [0.2, 0.25) is 0 Å². The molecule has 1 heterocycles. The van der Waals surface area contributed by atoms with Crippen molar-refractivity contribution in [2.75, 3.05) is 11.1 Å². The van der Waals surface area contributed by atoms with Crippen LogP contribution >= 0.6 is 11.8 Å². The van der Waals surface area contributed by atoms with Gasteiger partial charge in [-0.05, 0) is 31.5 Å². The molecule has 0 aliphatic carbocycles. The largest absolute Gasteiger partial charge is 0.378 e. The van der Waals surface area contributed by atoms with E-state index in [1.165, 1.54) is 17.3 Å². The van der Waals surface area contributed by atoms with Crippen molar-refractivity contribution in [3.8, 4) is 0 Å². The number of anilines is 1. The van der Waals surface area contributed by atoms with Crippen molar-refractivity contribution in [2.45, 2.75) is 32.1 Å². The van der Waals surface area contributed by atoms with Gasteiger partial charge in [0.05, 0.1) is 18.0 Å². The minimum absolute atomic E-state index is 0.187. The third-order valence-electron chi connectivity index (χ3n) is 4.48. The fourth-order valence-corrected chi connectivity index (χ4v) is 3.53. The zero-order valence-electron chi connectivity index (χ0n) is 17.7. The average molecular weight is 435 g/mol. The van der Waals surface area contributed by atoms with Crippen molar-refractivity contribution in [1.29, 1.82) is 0 Å². The summed E-state index contributed by atoms with van der Waals surface area (Å²) < 4.78 is 1.95. The molecule has 7 nitrogen and oxygen atoms in total. The van der Waals surface area contributed by atoms with Gasteiger partial charge in [0.25, 0.3) is 5.91 Å². The zero-order chi connectivity index (χ0) is 22.1. The fourth-order valence-electron chi connectivity index (χ4n) is 2.77. The van der Waals surface area contributed by atoms with E-state index in [2.05, 4.69) is 51.7 Å². The number of rotatable bonds is 10. The van der Waals surface area contributed by atoms with Gasteiger partial charge < -0.3 is 9.88 Å². The van der Waals surface area contributed by atoms with E-state index in [0.717, 1.165) is 22.8 Å². The quantitative estimate of drug-likeness (QED) is 0.218. The second kappa shape index (κ2) is 11.1. The van der Waals surface area contributed by atoms with Gasteiger partial charge in [-0.15, -0.1) is 16.8 Å². The summed E-state index contributed by atoms with van der Waals surface area (Å²) in [5.41, 5.74) is 6.53. The highest BCUT2D eigenvalue weighted by Gasteiger charge is 2.13. The number of nitrogens with one attached hydrogen (secondary N) is 2. The molecule has 0 bridgehead atoms. The monoisotopic (exact) mass is 434 g/mol. The van der Waals surface area contributed by atoms with E-state index in [1.54, 1.807) is 6.08 Å². The van der Waals surface area contributed by atoms with Crippen molar-refractivity contribution in [3.63, 3.8) is 0 Å². The standard InChI is InChI=1S/C23H26N6OS/c1-4-14-29-21(15-24-20-12-10-17(2)11-13-20)26-28-23(29)31-16-22(30)27-25-18(3)19-8-6-5-7-9-19/h4-13,24H,1,14-16H2,2-3H3,(H,27,30)/b25-18-. The molecular formula is C23H26N6OS. The normalized spacial score (nSPS) is 11.2. The van der Waals surface area contributed by atoms with E-state index in [1.807, 2.05) is 54.0 Å². The van der Waals surface area contributed by atoms with Gasteiger partial charge in [-0.3, -0.25) is 4.79 Å². The van der Waals surface area contributed by atoms with E-state index >= 15 is 0 Å². The molecule has 0 spiro atoms. The van der Waals surface area contributed by atoms with Crippen molar-refractivity contribution in [2.24, 2.45) is 5.10 Å². The van der Waals surface area contributed by atoms with Gasteiger partial charge in [-0.1, -0.05) is 65.9 Å². The van der Waals surface area contributed by atoms with Gasteiger partial charge in [-0.2, -0.15) is 5.10 Å². The number of hydrazone groups is 1. The second-order valence-corrected chi connectivity index (χ2v) is 7.85. The van der Waals surface area contributed by atoms with Crippen molar-refractivity contribution in [1.82, 2.24) is 20.2 Å². The van der Waals surface area contributed by atoms with E-state index in [4.69, 9.17) is 0 Å². The van der Waals surface area contributed by atoms with Gasteiger partial charge in [0.1, 0.15) is 0 Å². The molecular weight excluding hydrogens is 408 g/mol. The Bertz CT molecular complexity index is 1040. The molecule has 1 amide bonds. The molecule has 160 valence electrons. The molecule has 2 N–H and O–H groups in total. The van der Waals surface area contributed by atoms with Gasteiger partial charge in [0.2, 0.25) is 0 Å². The zero-order valence-corrected chi connectivity index (χ0v) is 18.5.